The number of nitrogens with one attached hydrogen (secondary N) is 2. The van der Waals surface area contributed by atoms with Gasteiger partial charge in [-0.2, -0.15) is 0 Å². The lowest BCUT2D eigenvalue weighted by atomic mass is 10.1. The molecule has 7 nitrogen and oxygen atoms in total. The number of aromatic carboxylic acids is 1. The fourth-order valence-electron chi connectivity index (χ4n) is 3.00. The van der Waals surface area contributed by atoms with Gasteiger partial charge in [-0.25, -0.2) is 4.79 Å². The minimum Gasteiger partial charge on any atom is -0.495 e. The lowest BCUT2D eigenvalue weighted by Crippen LogP contribution is -2.30. The minimum atomic E-state index is -1.14. The predicted octanol–water partition coefficient (Wildman–Crippen LogP) is 4.11. The van der Waals surface area contributed by atoms with Crippen LogP contribution in [0.2, 0.25) is 0 Å². The lowest BCUT2D eigenvalue weighted by molar-refractivity contribution is -0.113. The van der Waals surface area contributed by atoms with Gasteiger partial charge in [-0.3, -0.25) is 9.59 Å². The average molecular weight is 430 g/mol. The van der Waals surface area contributed by atoms with Gasteiger partial charge in [-0.1, -0.05) is 48.0 Å². The van der Waals surface area contributed by atoms with Crippen molar-refractivity contribution < 1.29 is 24.2 Å². The maximum atomic E-state index is 13.1. The van der Waals surface area contributed by atoms with E-state index in [0.29, 0.717) is 5.56 Å². The number of carboxylic acids is 1. The molecule has 0 spiro atoms. The summed E-state index contributed by atoms with van der Waals surface area (Å²) < 4.78 is 5.23. The van der Waals surface area contributed by atoms with Crippen LogP contribution in [-0.2, 0) is 4.79 Å². The highest BCUT2D eigenvalue weighted by Crippen LogP contribution is 2.26. The highest BCUT2D eigenvalue weighted by Gasteiger charge is 2.18. The first-order valence-electron chi connectivity index (χ1n) is 9.75. The summed E-state index contributed by atoms with van der Waals surface area (Å²) in [5.74, 6) is -1.94. The van der Waals surface area contributed by atoms with Crippen molar-refractivity contribution >= 4 is 29.5 Å². The van der Waals surface area contributed by atoms with E-state index in [1.165, 1.54) is 25.3 Å². The molecule has 3 aromatic carbocycles. The molecule has 0 atom stereocenters. The van der Waals surface area contributed by atoms with E-state index in [4.69, 9.17) is 4.74 Å². The third kappa shape index (κ3) is 5.60. The van der Waals surface area contributed by atoms with Crippen molar-refractivity contribution in [2.45, 2.75) is 6.92 Å². The molecule has 0 bridgehead atoms. The number of rotatable bonds is 7. The third-order valence-corrected chi connectivity index (χ3v) is 4.58. The summed E-state index contributed by atoms with van der Waals surface area (Å²) in [4.78, 5) is 37.1. The van der Waals surface area contributed by atoms with Crippen molar-refractivity contribution in [1.82, 2.24) is 5.32 Å². The van der Waals surface area contributed by atoms with Crippen LogP contribution in [0.15, 0.2) is 78.5 Å². The van der Waals surface area contributed by atoms with E-state index < -0.39 is 17.8 Å². The molecule has 162 valence electrons. The summed E-state index contributed by atoms with van der Waals surface area (Å²) in [5.41, 5.74) is 2.24. The first kappa shape index (κ1) is 22.3. The van der Waals surface area contributed by atoms with Gasteiger partial charge in [0.25, 0.3) is 11.8 Å². The quantitative estimate of drug-likeness (QED) is 0.489. The zero-order chi connectivity index (χ0) is 23.1. The van der Waals surface area contributed by atoms with E-state index in [1.807, 2.05) is 25.1 Å². The van der Waals surface area contributed by atoms with Crippen LogP contribution in [0.1, 0.15) is 31.8 Å². The van der Waals surface area contributed by atoms with E-state index in [1.54, 1.807) is 42.5 Å². The second-order valence-corrected chi connectivity index (χ2v) is 6.97. The smallest absolute Gasteiger partial charge is 0.335 e. The summed E-state index contributed by atoms with van der Waals surface area (Å²) >= 11 is 0. The summed E-state index contributed by atoms with van der Waals surface area (Å²) in [6, 6.07) is 20.1. The van der Waals surface area contributed by atoms with E-state index in [9.17, 15) is 19.5 Å². The van der Waals surface area contributed by atoms with Gasteiger partial charge < -0.3 is 20.5 Å². The molecule has 3 aromatic rings. The Labute approximate surface area is 185 Å². The van der Waals surface area contributed by atoms with Crippen molar-refractivity contribution in [2.24, 2.45) is 0 Å². The molecule has 0 aliphatic carbocycles. The van der Waals surface area contributed by atoms with Crippen molar-refractivity contribution in [3.05, 3.63) is 101 Å². The Morgan fingerprint density at radius 2 is 1.66 bits per heavy atom. The number of carbonyl (C=O) groups is 3. The normalized spacial score (nSPS) is 10.9. The Bertz CT molecular complexity index is 1190. The van der Waals surface area contributed by atoms with Crippen LogP contribution in [0, 0.1) is 6.92 Å². The van der Waals surface area contributed by atoms with Gasteiger partial charge in [0, 0.05) is 5.56 Å². The Morgan fingerprint density at radius 1 is 0.906 bits per heavy atom. The van der Waals surface area contributed by atoms with Gasteiger partial charge in [0.05, 0.1) is 18.4 Å². The molecule has 0 unspecified atom stereocenters. The van der Waals surface area contributed by atoms with E-state index in [0.717, 1.165) is 11.1 Å². The first-order chi connectivity index (χ1) is 15.4. The lowest BCUT2D eigenvalue weighted by Gasteiger charge is -2.14. The maximum absolute atomic E-state index is 13.1. The second kappa shape index (κ2) is 10.1. The molecule has 3 N–H and O–H groups in total. The van der Waals surface area contributed by atoms with Crippen molar-refractivity contribution in [3.63, 3.8) is 0 Å². The van der Waals surface area contributed by atoms with Crippen LogP contribution in [0.5, 0.6) is 5.75 Å². The van der Waals surface area contributed by atoms with Gasteiger partial charge >= 0.3 is 5.97 Å². The van der Waals surface area contributed by atoms with Crippen LogP contribution >= 0.6 is 0 Å². The largest absolute Gasteiger partial charge is 0.495 e. The standard InChI is InChI=1S/C25H22N2O5/c1-16-7-6-8-17(13-16)14-21(27-23(28)18-9-4-3-5-10-18)24(29)26-20-15-19(25(30)31)11-12-22(20)32-2/h3-15H,1-2H3,(H,26,29)(H,27,28)(H,30,31). The third-order valence-electron chi connectivity index (χ3n) is 4.58. The van der Waals surface area contributed by atoms with Gasteiger partial charge in [-0.15, -0.1) is 0 Å². The molecule has 0 aliphatic heterocycles. The number of benzene rings is 3. The Hall–Kier alpha value is -4.39. The number of methoxy groups -OCH3 is 1. The summed E-state index contributed by atoms with van der Waals surface area (Å²) in [5, 5.41) is 14.5. The molecule has 0 radical (unpaired) electrons. The van der Waals surface area contributed by atoms with Crippen LogP contribution < -0.4 is 15.4 Å². The number of amides is 2. The Morgan fingerprint density at radius 3 is 2.31 bits per heavy atom. The molecule has 32 heavy (non-hydrogen) atoms. The van der Waals surface area contributed by atoms with Crippen LogP contribution in [-0.4, -0.2) is 30.0 Å². The average Bonchev–Trinajstić information content (AvgIpc) is 2.79. The molecular formula is C25H22N2O5. The maximum Gasteiger partial charge on any atom is 0.335 e. The Balaban J connectivity index is 1.96. The molecule has 3 rings (SSSR count). The summed E-state index contributed by atoms with van der Waals surface area (Å²) in [7, 11) is 1.41. The minimum absolute atomic E-state index is 0.00719. The monoisotopic (exact) mass is 430 g/mol. The van der Waals surface area contributed by atoms with Gasteiger partial charge in [-0.05, 0) is 48.9 Å². The molecule has 0 saturated carbocycles. The number of anilines is 1. The van der Waals surface area contributed by atoms with E-state index in [2.05, 4.69) is 10.6 Å². The van der Waals surface area contributed by atoms with Gasteiger partial charge in [0.15, 0.2) is 0 Å². The molecule has 0 aromatic heterocycles. The zero-order valence-electron chi connectivity index (χ0n) is 17.6. The molecule has 0 heterocycles. The molecular weight excluding hydrogens is 408 g/mol. The number of hydrogen-bond donors (Lipinski definition) is 3. The van der Waals surface area contributed by atoms with E-state index >= 15 is 0 Å². The number of carboxylic acid groups (broad SMARTS) is 1. The number of carbonyl (C=O) groups excluding carboxylic acids is 2. The second-order valence-electron chi connectivity index (χ2n) is 6.97. The van der Waals surface area contributed by atoms with Crippen molar-refractivity contribution in [2.75, 3.05) is 12.4 Å². The fraction of sp³-hybridized carbons (Fsp3) is 0.0800. The van der Waals surface area contributed by atoms with Crippen LogP contribution in [0.3, 0.4) is 0 Å². The first-order valence-corrected chi connectivity index (χ1v) is 9.75. The molecule has 7 heteroatoms. The van der Waals surface area contributed by atoms with E-state index in [-0.39, 0.29) is 22.7 Å². The van der Waals surface area contributed by atoms with Crippen molar-refractivity contribution in [1.29, 1.82) is 0 Å². The van der Waals surface area contributed by atoms with Gasteiger partial charge in [0.2, 0.25) is 0 Å². The fourth-order valence-corrected chi connectivity index (χ4v) is 3.00. The van der Waals surface area contributed by atoms with Crippen LogP contribution in [0.25, 0.3) is 6.08 Å². The molecule has 0 aliphatic rings. The molecule has 2 amide bonds. The predicted molar refractivity (Wildman–Crippen MR) is 122 cm³/mol. The van der Waals surface area contributed by atoms with Crippen LogP contribution in [0.4, 0.5) is 5.69 Å². The highest BCUT2D eigenvalue weighted by molar-refractivity contribution is 6.11. The number of hydrogen-bond acceptors (Lipinski definition) is 4. The van der Waals surface area contributed by atoms with Gasteiger partial charge in [0.1, 0.15) is 11.4 Å². The highest BCUT2D eigenvalue weighted by atomic mass is 16.5. The Kier molecular flexibility index (Phi) is 7.02. The number of aryl methyl sites for hydroxylation is 1. The summed E-state index contributed by atoms with van der Waals surface area (Å²) in [6.45, 7) is 1.92. The molecule has 0 saturated heterocycles. The SMILES string of the molecule is COc1ccc(C(=O)O)cc1NC(=O)C(=Cc1cccc(C)c1)NC(=O)c1ccccc1. The zero-order valence-corrected chi connectivity index (χ0v) is 17.6. The van der Waals surface area contributed by atoms with Crippen molar-refractivity contribution in [3.8, 4) is 5.75 Å². The topological polar surface area (TPSA) is 105 Å². The summed E-state index contributed by atoms with van der Waals surface area (Å²) in [6.07, 6.45) is 1.55. The molecule has 0 fully saturated rings. The number of ether oxygens (including phenoxy) is 1.